The number of benzene rings is 1. The fourth-order valence-corrected chi connectivity index (χ4v) is 4.16. The number of hydrogen-bond acceptors (Lipinski definition) is 2. The van der Waals surface area contributed by atoms with Gasteiger partial charge in [0.2, 0.25) is 11.8 Å². The predicted molar refractivity (Wildman–Crippen MR) is 114 cm³/mol. The zero-order chi connectivity index (χ0) is 20.2. The first-order valence-electron chi connectivity index (χ1n) is 11.2. The number of rotatable bonds is 13. The average molecular weight is 386 g/mol. The molecule has 0 aliphatic carbocycles. The molecule has 1 unspecified atom stereocenters. The van der Waals surface area contributed by atoms with Crippen LogP contribution in [0.5, 0.6) is 0 Å². The number of carbonyl (C=O) groups is 2. The standard InChI is InChI=1S/C24H37N2O2/c1-2-3-4-5-6-7-8-9-10-11-12-17-22(27)26-19-18-20-15-13-14-16-21(20)23(26)24(25)28/h14-16,23H,2-12,17-19H2,1H3,(H2,25,28). The van der Waals surface area contributed by atoms with Gasteiger partial charge in [-0.15, -0.1) is 0 Å². The Kier molecular flexibility index (Phi) is 10.1. The molecular formula is C24H37N2O2. The van der Waals surface area contributed by atoms with Gasteiger partial charge in [-0.05, 0) is 30.0 Å². The molecule has 28 heavy (non-hydrogen) atoms. The van der Waals surface area contributed by atoms with Crippen molar-refractivity contribution in [3.63, 3.8) is 0 Å². The van der Waals surface area contributed by atoms with Crippen molar-refractivity contribution in [2.45, 2.75) is 96.4 Å². The van der Waals surface area contributed by atoms with Crippen molar-refractivity contribution in [2.24, 2.45) is 5.73 Å². The molecule has 0 aromatic heterocycles. The maximum absolute atomic E-state index is 12.7. The van der Waals surface area contributed by atoms with Gasteiger partial charge in [-0.3, -0.25) is 9.59 Å². The summed E-state index contributed by atoms with van der Waals surface area (Å²) in [6.07, 6.45) is 15.2. The lowest BCUT2D eigenvalue weighted by molar-refractivity contribution is -0.140. The summed E-state index contributed by atoms with van der Waals surface area (Å²) in [6, 6.07) is 7.97. The van der Waals surface area contributed by atoms with E-state index in [2.05, 4.69) is 13.0 Å². The van der Waals surface area contributed by atoms with Gasteiger partial charge in [-0.25, -0.2) is 0 Å². The molecule has 4 heteroatoms. The van der Waals surface area contributed by atoms with Crippen LogP contribution < -0.4 is 5.73 Å². The van der Waals surface area contributed by atoms with E-state index in [1.807, 2.05) is 12.1 Å². The molecule has 1 heterocycles. The van der Waals surface area contributed by atoms with Gasteiger partial charge < -0.3 is 10.6 Å². The Morgan fingerprint density at radius 2 is 1.64 bits per heavy atom. The van der Waals surface area contributed by atoms with Crippen molar-refractivity contribution in [1.29, 1.82) is 0 Å². The third-order valence-corrected chi connectivity index (χ3v) is 5.80. The minimum absolute atomic E-state index is 0.0539. The van der Waals surface area contributed by atoms with Gasteiger partial charge in [0.25, 0.3) is 0 Å². The van der Waals surface area contributed by atoms with Crippen LogP contribution in [0.4, 0.5) is 0 Å². The van der Waals surface area contributed by atoms with Crippen LogP contribution in [-0.4, -0.2) is 23.3 Å². The number of nitrogens with zero attached hydrogens (tertiary/aromatic N) is 1. The van der Waals surface area contributed by atoms with Crippen molar-refractivity contribution in [1.82, 2.24) is 4.90 Å². The molecule has 0 fully saturated rings. The second kappa shape index (κ2) is 12.6. The summed E-state index contributed by atoms with van der Waals surface area (Å²) >= 11 is 0. The first-order chi connectivity index (χ1) is 13.6. The van der Waals surface area contributed by atoms with Crippen molar-refractivity contribution < 1.29 is 9.59 Å². The number of amides is 2. The van der Waals surface area contributed by atoms with Gasteiger partial charge in [0.1, 0.15) is 6.04 Å². The molecule has 0 spiro atoms. The smallest absolute Gasteiger partial charge is 0.244 e. The highest BCUT2D eigenvalue weighted by atomic mass is 16.2. The Labute approximate surface area is 170 Å². The highest BCUT2D eigenvalue weighted by Gasteiger charge is 2.33. The Morgan fingerprint density at radius 3 is 2.25 bits per heavy atom. The van der Waals surface area contributed by atoms with Crippen molar-refractivity contribution >= 4 is 11.8 Å². The molecule has 1 aromatic carbocycles. The molecule has 1 atom stereocenters. The number of unbranched alkanes of at least 4 members (excludes halogenated alkanes) is 10. The summed E-state index contributed by atoms with van der Waals surface area (Å²) in [5, 5.41) is 0. The molecule has 2 amide bonds. The minimum atomic E-state index is -0.626. The lowest BCUT2D eigenvalue weighted by atomic mass is 9.91. The zero-order valence-electron chi connectivity index (χ0n) is 17.5. The van der Waals surface area contributed by atoms with Crippen molar-refractivity contribution in [2.75, 3.05) is 6.54 Å². The maximum atomic E-state index is 12.7. The Hall–Kier alpha value is -1.84. The van der Waals surface area contributed by atoms with E-state index in [-0.39, 0.29) is 5.91 Å². The number of carbonyl (C=O) groups excluding carboxylic acids is 2. The van der Waals surface area contributed by atoms with Gasteiger partial charge in [0.05, 0.1) is 0 Å². The molecule has 0 saturated carbocycles. The van der Waals surface area contributed by atoms with Crippen LogP contribution in [0.15, 0.2) is 18.2 Å². The Bertz CT molecular complexity index is 614. The maximum Gasteiger partial charge on any atom is 0.244 e. The molecule has 1 aliphatic rings. The van der Waals surface area contributed by atoms with Crippen LogP contribution in [0.3, 0.4) is 0 Å². The van der Waals surface area contributed by atoms with E-state index in [9.17, 15) is 9.59 Å². The normalized spacial score (nSPS) is 16.0. The summed E-state index contributed by atoms with van der Waals surface area (Å²) < 4.78 is 0. The lowest BCUT2D eigenvalue weighted by Crippen LogP contribution is -2.45. The fraction of sp³-hybridized carbons (Fsp3) is 0.667. The molecular weight excluding hydrogens is 348 g/mol. The average Bonchev–Trinajstić information content (AvgIpc) is 2.70. The van der Waals surface area contributed by atoms with E-state index in [0.717, 1.165) is 30.4 Å². The van der Waals surface area contributed by atoms with E-state index in [1.54, 1.807) is 11.0 Å². The van der Waals surface area contributed by atoms with E-state index in [1.165, 1.54) is 57.8 Å². The Balaban J connectivity index is 1.64. The third-order valence-electron chi connectivity index (χ3n) is 5.80. The quantitative estimate of drug-likeness (QED) is 0.480. The van der Waals surface area contributed by atoms with E-state index in [0.29, 0.717) is 13.0 Å². The molecule has 1 aliphatic heterocycles. The van der Waals surface area contributed by atoms with Crippen LogP contribution in [0, 0.1) is 6.07 Å². The molecule has 2 N–H and O–H groups in total. The van der Waals surface area contributed by atoms with Crippen LogP contribution in [0.25, 0.3) is 0 Å². The monoisotopic (exact) mass is 385 g/mol. The third kappa shape index (κ3) is 6.96. The molecule has 1 aromatic rings. The van der Waals surface area contributed by atoms with Crippen LogP contribution >= 0.6 is 0 Å². The number of primary amides is 1. The molecule has 155 valence electrons. The largest absolute Gasteiger partial charge is 0.368 e. The van der Waals surface area contributed by atoms with Crippen molar-refractivity contribution in [3.05, 3.63) is 35.4 Å². The van der Waals surface area contributed by atoms with Gasteiger partial charge >= 0.3 is 0 Å². The van der Waals surface area contributed by atoms with E-state index in [4.69, 9.17) is 5.73 Å². The molecule has 0 bridgehead atoms. The summed E-state index contributed by atoms with van der Waals surface area (Å²) in [4.78, 5) is 26.4. The second-order valence-corrected chi connectivity index (χ2v) is 8.05. The highest BCUT2D eigenvalue weighted by molar-refractivity contribution is 5.88. The first-order valence-corrected chi connectivity index (χ1v) is 11.2. The van der Waals surface area contributed by atoms with Crippen LogP contribution in [-0.2, 0) is 16.0 Å². The summed E-state index contributed by atoms with van der Waals surface area (Å²) in [7, 11) is 0. The van der Waals surface area contributed by atoms with E-state index >= 15 is 0 Å². The SMILES string of the molecule is CCCCCCCCCCCCCC(=O)N1CCc2c[c]ccc2C1C(N)=O. The Morgan fingerprint density at radius 1 is 1.04 bits per heavy atom. The second-order valence-electron chi connectivity index (χ2n) is 8.05. The fourth-order valence-electron chi connectivity index (χ4n) is 4.16. The first kappa shape index (κ1) is 22.4. The molecule has 0 saturated heterocycles. The van der Waals surface area contributed by atoms with Gasteiger partial charge in [0, 0.05) is 13.0 Å². The molecule has 2 rings (SSSR count). The van der Waals surface area contributed by atoms with E-state index < -0.39 is 11.9 Å². The van der Waals surface area contributed by atoms with Crippen LogP contribution in [0.2, 0.25) is 0 Å². The zero-order valence-corrected chi connectivity index (χ0v) is 17.5. The van der Waals surface area contributed by atoms with Gasteiger partial charge in [0.15, 0.2) is 0 Å². The predicted octanol–water partition coefficient (Wildman–Crippen LogP) is 5.10. The van der Waals surface area contributed by atoms with Gasteiger partial charge in [-0.2, -0.15) is 0 Å². The number of hydrogen-bond donors (Lipinski definition) is 1. The summed E-state index contributed by atoms with van der Waals surface area (Å²) in [5.74, 6) is -0.391. The van der Waals surface area contributed by atoms with Crippen molar-refractivity contribution in [3.8, 4) is 0 Å². The molecule has 1 radical (unpaired) electrons. The highest BCUT2D eigenvalue weighted by Crippen LogP contribution is 2.30. The van der Waals surface area contributed by atoms with Crippen LogP contribution in [0.1, 0.15) is 101 Å². The topological polar surface area (TPSA) is 63.4 Å². The number of fused-ring (bicyclic) bond motifs is 1. The lowest BCUT2D eigenvalue weighted by Gasteiger charge is -2.35. The number of nitrogens with two attached hydrogens (primary N) is 1. The summed E-state index contributed by atoms with van der Waals surface area (Å²) in [6.45, 7) is 2.82. The molecule has 4 nitrogen and oxygen atoms in total. The van der Waals surface area contributed by atoms with Gasteiger partial charge in [-0.1, -0.05) is 89.3 Å². The minimum Gasteiger partial charge on any atom is -0.368 e. The summed E-state index contributed by atoms with van der Waals surface area (Å²) in [5.41, 5.74) is 7.57.